The molecule has 0 amide bonds. The Bertz CT molecular complexity index is 681. The molecule has 0 radical (unpaired) electrons. The summed E-state index contributed by atoms with van der Waals surface area (Å²) in [5.74, 6) is 1.69. The minimum absolute atomic E-state index is 0.239. The van der Waals surface area contributed by atoms with Gasteiger partial charge in [0.05, 0.1) is 6.21 Å². The van der Waals surface area contributed by atoms with Crippen molar-refractivity contribution in [2.24, 2.45) is 5.10 Å². The maximum Gasteiger partial charge on any atom is 0.252 e. The standard InChI is InChI=1S/C12H10N4O3/c17-11-3-4-13-12(15-11)16-14-6-8-1-2-9-10(5-8)19-7-18-9/h1-6H,7H2,(H2,13,15,16,17). The number of ether oxygens (including phenoxy) is 2. The lowest BCUT2D eigenvalue weighted by Crippen LogP contribution is -2.07. The van der Waals surface area contributed by atoms with Crippen LogP contribution in [-0.2, 0) is 0 Å². The molecule has 19 heavy (non-hydrogen) atoms. The van der Waals surface area contributed by atoms with Gasteiger partial charge >= 0.3 is 0 Å². The molecule has 1 aromatic heterocycles. The topological polar surface area (TPSA) is 88.6 Å². The molecule has 3 rings (SSSR count). The van der Waals surface area contributed by atoms with Gasteiger partial charge in [-0.25, -0.2) is 10.4 Å². The summed E-state index contributed by atoms with van der Waals surface area (Å²) < 4.78 is 10.5. The molecule has 1 aliphatic heterocycles. The smallest absolute Gasteiger partial charge is 0.252 e. The van der Waals surface area contributed by atoms with Crippen molar-refractivity contribution in [1.82, 2.24) is 9.97 Å². The van der Waals surface area contributed by atoms with E-state index < -0.39 is 0 Å². The summed E-state index contributed by atoms with van der Waals surface area (Å²) in [4.78, 5) is 17.4. The second kappa shape index (κ2) is 4.81. The van der Waals surface area contributed by atoms with Crippen molar-refractivity contribution in [3.8, 4) is 11.5 Å². The molecule has 1 aliphatic rings. The number of anilines is 1. The highest BCUT2D eigenvalue weighted by molar-refractivity contribution is 5.81. The number of nitrogens with one attached hydrogen (secondary N) is 2. The Balaban J connectivity index is 1.71. The Morgan fingerprint density at radius 1 is 1.32 bits per heavy atom. The molecule has 0 bridgehead atoms. The zero-order chi connectivity index (χ0) is 13.1. The van der Waals surface area contributed by atoms with Crippen LogP contribution < -0.4 is 20.5 Å². The SMILES string of the molecule is O=c1ccnc(NN=Cc2ccc3c(c2)OCO3)[nH]1. The summed E-state index contributed by atoms with van der Waals surface area (Å²) in [7, 11) is 0. The molecule has 2 heterocycles. The first kappa shape index (κ1) is 11.3. The summed E-state index contributed by atoms with van der Waals surface area (Å²) in [6.07, 6.45) is 2.99. The summed E-state index contributed by atoms with van der Waals surface area (Å²) in [6, 6.07) is 6.80. The van der Waals surface area contributed by atoms with Gasteiger partial charge in [0.25, 0.3) is 5.56 Å². The minimum Gasteiger partial charge on any atom is -0.454 e. The van der Waals surface area contributed by atoms with Crippen LogP contribution >= 0.6 is 0 Å². The van der Waals surface area contributed by atoms with E-state index in [0.717, 1.165) is 11.3 Å². The van der Waals surface area contributed by atoms with Crippen molar-refractivity contribution in [2.45, 2.75) is 0 Å². The molecule has 7 nitrogen and oxygen atoms in total. The van der Waals surface area contributed by atoms with E-state index in [-0.39, 0.29) is 18.3 Å². The van der Waals surface area contributed by atoms with Crippen LogP contribution in [-0.4, -0.2) is 23.0 Å². The van der Waals surface area contributed by atoms with Gasteiger partial charge in [0.1, 0.15) is 0 Å². The maximum atomic E-state index is 11.0. The fourth-order valence-corrected chi connectivity index (χ4v) is 1.59. The van der Waals surface area contributed by atoms with Gasteiger partial charge in [-0.15, -0.1) is 0 Å². The highest BCUT2D eigenvalue weighted by Crippen LogP contribution is 2.31. The fraction of sp³-hybridized carbons (Fsp3) is 0.0833. The maximum absolute atomic E-state index is 11.0. The van der Waals surface area contributed by atoms with E-state index in [4.69, 9.17) is 9.47 Å². The third-order valence-electron chi connectivity index (χ3n) is 2.45. The van der Waals surface area contributed by atoms with Gasteiger partial charge in [-0.3, -0.25) is 9.78 Å². The van der Waals surface area contributed by atoms with Crippen LogP contribution in [0.25, 0.3) is 0 Å². The second-order valence-corrected chi connectivity index (χ2v) is 3.77. The van der Waals surface area contributed by atoms with Crippen molar-refractivity contribution >= 4 is 12.2 Å². The van der Waals surface area contributed by atoms with E-state index >= 15 is 0 Å². The second-order valence-electron chi connectivity index (χ2n) is 3.77. The number of benzene rings is 1. The molecular formula is C12H10N4O3. The lowest BCUT2D eigenvalue weighted by Gasteiger charge is -1.99. The average Bonchev–Trinajstić information content (AvgIpc) is 2.86. The first-order valence-corrected chi connectivity index (χ1v) is 5.55. The first-order valence-electron chi connectivity index (χ1n) is 5.55. The van der Waals surface area contributed by atoms with Crippen molar-refractivity contribution in [3.05, 3.63) is 46.4 Å². The molecule has 2 aromatic rings. The van der Waals surface area contributed by atoms with Gasteiger partial charge in [-0.1, -0.05) is 0 Å². The van der Waals surface area contributed by atoms with E-state index in [1.807, 2.05) is 18.2 Å². The van der Waals surface area contributed by atoms with Crippen LogP contribution in [0.15, 0.2) is 40.4 Å². The van der Waals surface area contributed by atoms with Crippen molar-refractivity contribution in [2.75, 3.05) is 12.2 Å². The van der Waals surface area contributed by atoms with Crippen molar-refractivity contribution in [1.29, 1.82) is 0 Å². The Morgan fingerprint density at radius 2 is 2.21 bits per heavy atom. The van der Waals surface area contributed by atoms with Crippen LogP contribution in [0.4, 0.5) is 5.95 Å². The molecule has 96 valence electrons. The highest BCUT2D eigenvalue weighted by Gasteiger charge is 2.12. The van der Waals surface area contributed by atoms with Crippen LogP contribution in [0, 0.1) is 0 Å². The number of H-pyrrole nitrogens is 1. The molecule has 1 aromatic carbocycles. The van der Waals surface area contributed by atoms with E-state index in [1.54, 1.807) is 6.21 Å². The lowest BCUT2D eigenvalue weighted by atomic mass is 10.2. The Morgan fingerprint density at radius 3 is 3.11 bits per heavy atom. The third kappa shape index (κ3) is 2.54. The summed E-state index contributed by atoms with van der Waals surface area (Å²) in [5, 5.41) is 3.97. The fourth-order valence-electron chi connectivity index (χ4n) is 1.59. The number of fused-ring (bicyclic) bond motifs is 1. The number of nitrogens with zero attached hydrogens (tertiary/aromatic N) is 2. The van der Waals surface area contributed by atoms with E-state index in [0.29, 0.717) is 5.75 Å². The molecule has 7 heteroatoms. The Hall–Kier alpha value is -2.83. The third-order valence-corrected chi connectivity index (χ3v) is 2.45. The van der Waals surface area contributed by atoms with E-state index in [9.17, 15) is 4.79 Å². The predicted octanol–water partition coefficient (Wildman–Crippen LogP) is 0.945. The molecule has 0 atom stereocenters. The number of hydrogen-bond acceptors (Lipinski definition) is 6. The molecule has 0 saturated heterocycles. The Labute approximate surface area is 107 Å². The highest BCUT2D eigenvalue weighted by atomic mass is 16.7. The summed E-state index contributed by atoms with van der Waals surface area (Å²) in [6.45, 7) is 0.239. The number of aromatic amines is 1. The number of hydrazone groups is 1. The molecule has 0 spiro atoms. The number of rotatable bonds is 3. The lowest BCUT2D eigenvalue weighted by molar-refractivity contribution is 0.174. The Kier molecular flexibility index (Phi) is 2.85. The largest absolute Gasteiger partial charge is 0.454 e. The van der Waals surface area contributed by atoms with Crippen LogP contribution in [0.2, 0.25) is 0 Å². The van der Waals surface area contributed by atoms with Crippen molar-refractivity contribution in [3.63, 3.8) is 0 Å². The normalized spacial score (nSPS) is 12.8. The molecule has 0 saturated carbocycles. The van der Waals surface area contributed by atoms with Crippen molar-refractivity contribution < 1.29 is 9.47 Å². The summed E-state index contributed by atoms with van der Waals surface area (Å²) >= 11 is 0. The van der Waals surface area contributed by atoms with Gasteiger partial charge in [-0.05, 0) is 23.8 Å². The van der Waals surface area contributed by atoms with Gasteiger partial charge in [0.2, 0.25) is 12.7 Å². The molecule has 0 aliphatic carbocycles. The van der Waals surface area contributed by atoms with E-state index in [1.165, 1.54) is 12.3 Å². The van der Waals surface area contributed by atoms with Gasteiger partial charge in [0.15, 0.2) is 11.5 Å². The quantitative estimate of drug-likeness (QED) is 0.632. The molecular weight excluding hydrogens is 248 g/mol. The molecule has 2 N–H and O–H groups in total. The first-order chi connectivity index (χ1) is 9.31. The van der Waals surface area contributed by atoms with Crippen LogP contribution in [0.1, 0.15) is 5.56 Å². The zero-order valence-electron chi connectivity index (χ0n) is 9.79. The zero-order valence-corrected chi connectivity index (χ0v) is 9.79. The van der Waals surface area contributed by atoms with Gasteiger partial charge < -0.3 is 9.47 Å². The predicted molar refractivity (Wildman–Crippen MR) is 68.6 cm³/mol. The monoisotopic (exact) mass is 258 g/mol. The average molecular weight is 258 g/mol. The number of hydrogen-bond donors (Lipinski definition) is 2. The molecule has 0 unspecified atom stereocenters. The number of aromatic nitrogens is 2. The van der Waals surface area contributed by atoms with E-state index in [2.05, 4.69) is 20.5 Å². The molecule has 0 fully saturated rings. The van der Waals surface area contributed by atoms with Gasteiger partial charge in [-0.2, -0.15) is 5.10 Å². The van der Waals surface area contributed by atoms with Crippen LogP contribution in [0.5, 0.6) is 11.5 Å². The van der Waals surface area contributed by atoms with Crippen LogP contribution in [0.3, 0.4) is 0 Å². The minimum atomic E-state index is -0.240. The summed E-state index contributed by atoms with van der Waals surface area (Å²) in [5.41, 5.74) is 3.23. The van der Waals surface area contributed by atoms with Gasteiger partial charge in [0, 0.05) is 12.3 Å².